The molecule has 1 nitrogen and oxygen atoms in total. The SMILES string of the molecule is CCC[C@H]1CC[C@H](CCC2CCC(c3ccc4c(F)c(OC(F)(F)F)c(F)cc4c3)CC2)CC1. The van der Waals surface area contributed by atoms with Crippen LogP contribution in [0.15, 0.2) is 24.3 Å². The van der Waals surface area contributed by atoms with Crippen molar-refractivity contribution in [2.24, 2.45) is 17.8 Å². The molecule has 2 aromatic carbocycles. The molecule has 0 aromatic heterocycles. The van der Waals surface area contributed by atoms with Crippen LogP contribution in [-0.4, -0.2) is 6.36 Å². The Morgan fingerprint density at radius 2 is 1.35 bits per heavy atom. The molecule has 0 aliphatic heterocycles. The lowest BCUT2D eigenvalue weighted by Gasteiger charge is -2.32. The molecule has 188 valence electrons. The van der Waals surface area contributed by atoms with E-state index in [9.17, 15) is 22.0 Å². The number of ether oxygens (including phenoxy) is 1. The van der Waals surface area contributed by atoms with Gasteiger partial charge >= 0.3 is 6.36 Å². The molecule has 0 saturated heterocycles. The van der Waals surface area contributed by atoms with Crippen LogP contribution >= 0.6 is 0 Å². The number of benzene rings is 2. The molecule has 0 spiro atoms. The van der Waals surface area contributed by atoms with Crippen LogP contribution in [0.2, 0.25) is 0 Å². The first-order valence-corrected chi connectivity index (χ1v) is 12.9. The average molecular weight is 483 g/mol. The summed E-state index contributed by atoms with van der Waals surface area (Å²) < 4.78 is 69.7. The molecular formula is C28H35F5O. The molecule has 0 heterocycles. The molecule has 0 atom stereocenters. The minimum atomic E-state index is -5.15. The van der Waals surface area contributed by atoms with Crippen molar-refractivity contribution >= 4 is 10.8 Å². The highest BCUT2D eigenvalue weighted by atomic mass is 19.4. The van der Waals surface area contributed by atoms with Crippen LogP contribution in [0, 0.1) is 29.4 Å². The summed E-state index contributed by atoms with van der Waals surface area (Å²) in [6, 6.07) is 5.87. The largest absolute Gasteiger partial charge is 0.573 e. The molecule has 2 aromatic rings. The molecule has 4 rings (SSSR count). The van der Waals surface area contributed by atoms with Gasteiger partial charge in [-0.3, -0.25) is 0 Å². The van der Waals surface area contributed by atoms with Gasteiger partial charge < -0.3 is 4.74 Å². The van der Waals surface area contributed by atoms with Crippen molar-refractivity contribution < 1.29 is 26.7 Å². The predicted octanol–water partition coefficient (Wildman–Crippen LogP) is 9.68. The molecule has 2 aliphatic rings. The molecule has 0 radical (unpaired) electrons. The van der Waals surface area contributed by atoms with Gasteiger partial charge in [0.2, 0.25) is 5.75 Å². The van der Waals surface area contributed by atoms with E-state index in [2.05, 4.69) is 11.7 Å². The zero-order valence-electron chi connectivity index (χ0n) is 19.9. The van der Waals surface area contributed by atoms with Crippen molar-refractivity contribution in [2.45, 2.75) is 96.3 Å². The fraction of sp³-hybridized carbons (Fsp3) is 0.643. The van der Waals surface area contributed by atoms with Gasteiger partial charge in [-0.15, -0.1) is 13.2 Å². The Bertz CT molecular complexity index is 953. The molecule has 0 N–H and O–H groups in total. The number of alkyl halides is 3. The summed E-state index contributed by atoms with van der Waals surface area (Å²) in [6.45, 7) is 2.28. The van der Waals surface area contributed by atoms with Gasteiger partial charge in [0.05, 0.1) is 0 Å². The van der Waals surface area contributed by atoms with E-state index in [4.69, 9.17) is 0 Å². The Kier molecular flexibility index (Phi) is 8.04. The second-order valence-electron chi connectivity index (χ2n) is 10.5. The van der Waals surface area contributed by atoms with Gasteiger partial charge in [-0.25, -0.2) is 8.78 Å². The first-order valence-electron chi connectivity index (χ1n) is 12.9. The minimum absolute atomic E-state index is 0.0632. The monoisotopic (exact) mass is 482 g/mol. The van der Waals surface area contributed by atoms with E-state index < -0.39 is 23.7 Å². The predicted molar refractivity (Wildman–Crippen MR) is 125 cm³/mol. The number of fused-ring (bicyclic) bond motifs is 1. The van der Waals surface area contributed by atoms with E-state index in [0.29, 0.717) is 5.92 Å². The topological polar surface area (TPSA) is 9.23 Å². The highest BCUT2D eigenvalue weighted by Gasteiger charge is 2.34. The van der Waals surface area contributed by atoms with Crippen molar-refractivity contribution in [1.29, 1.82) is 0 Å². The third-order valence-electron chi connectivity index (χ3n) is 8.19. The zero-order valence-corrected chi connectivity index (χ0v) is 19.9. The van der Waals surface area contributed by atoms with Gasteiger partial charge in [0.15, 0.2) is 11.6 Å². The lowest BCUT2D eigenvalue weighted by Crippen LogP contribution is -2.19. The summed E-state index contributed by atoms with van der Waals surface area (Å²) in [5.74, 6) is -1.14. The van der Waals surface area contributed by atoms with Crippen molar-refractivity contribution in [2.75, 3.05) is 0 Å². The van der Waals surface area contributed by atoms with Crippen LogP contribution in [-0.2, 0) is 0 Å². The fourth-order valence-corrected chi connectivity index (χ4v) is 6.27. The lowest BCUT2D eigenvalue weighted by atomic mass is 9.74. The normalized spacial score (nSPS) is 26.1. The van der Waals surface area contributed by atoms with Crippen LogP contribution in [0.4, 0.5) is 22.0 Å². The van der Waals surface area contributed by atoms with Crippen molar-refractivity contribution in [1.82, 2.24) is 0 Å². The molecule has 6 heteroatoms. The second kappa shape index (κ2) is 10.8. The average Bonchev–Trinajstić information content (AvgIpc) is 2.81. The quantitative estimate of drug-likeness (QED) is 0.357. The van der Waals surface area contributed by atoms with Gasteiger partial charge in [-0.05, 0) is 66.4 Å². The van der Waals surface area contributed by atoms with Gasteiger partial charge in [-0.2, -0.15) is 0 Å². The summed E-state index contributed by atoms with van der Waals surface area (Å²) in [5.41, 5.74) is 1.00. The highest BCUT2D eigenvalue weighted by Crippen LogP contribution is 2.41. The van der Waals surface area contributed by atoms with E-state index in [-0.39, 0.29) is 10.8 Å². The molecule has 2 fully saturated rings. The summed E-state index contributed by atoms with van der Waals surface area (Å²) in [4.78, 5) is 0. The lowest BCUT2D eigenvalue weighted by molar-refractivity contribution is -0.276. The van der Waals surface area contributed by atoms with Gasteiger partial charge in [-0.1, -0.05) is 76.5 Å². The second-order valence-corrected chi connectivity index (χ2v) is 10.5. The number of hydrogen-bond acceptors (Lipinski definition) is 1. The summed E-state index contributed by atoms with van der Waals surface area (Å²) in [6.07, 6.45) is 10.2. The Balaban J connectivity index is 1.32. The Morgan fingerprint density at radius 1 is 0.794 bits per heavy atom. The molecule has 0 unspecified atom stereocenters. The minimum Gasteiger partial charge on any atom is -0.399 e. The third-order valence-corrected chi connectivity index (χ3v) is 8.19. The van der Waals surface area contributed by atoms with E-state index in [0.717, 1.165) is 55.1 Å². The van der Waals surface area contributed by atoms with Crippen LogP contribution in [0.5, 0.6) is 5.75 Å². The Labute approximate surface area is 199 Å². The number of hydrogen-bond donors (Lipinski definition) is 0. The fourth-order valence-electron chi connectivity index (χ4n) is 6.27. The first kappa shape index (κ1) is 25.2. The Morgan fingerprint density at radius 3 is 1.91 bits per heavy atom. The maximum Gasteiger partial charge on any atom is 0.573 e. The maximum absolute atomic E-state index is 14.5. The zero-order chi connectivity index (χ0) is 24.3. The molecule has 2 aliphatic carbocycles. The van der Waals surface area contributed by atoms with E-state index in [1.54, 1.807) is 12.1 Å². The van der Waals surface area contributed by atoms with Gasteiger partial charge in [0, 0.05) is 5.39 Å². The van der Waals surface area contributed by atoms with Crippen LogP contribution < -0.4 is 4.74 Å². The first-order chi connectivity index (χ1) is 16.2. The summed E-state index contributed by atoms with van der Waals surface area (Å²) in [7, 11) is 0. The van der Waals surface area contributed by atoms with Gasteiger partial charge in [0.1, 0.15) is 0 Å². The van der Waals surface area contributed by atoms with Crippen LogP contribution in [0.25, 0.3) is 10.8 Å². The summed E-state index contributed by atoms with van der Waals surface area (Å²) >= 11 is 0. The van der Waals surface area contributed by atoms with E-state index in [1.807, 2.05) is 0 Å². The molecule has 34 heavy (non-hydrogen) atoms. The number of rotatable bonds is 7. The van der Waals surface area contributed by atoms with Gasteiger partial charge in [0.25, 0.3) is 0 Å². The molecule has 2 saturated carbocycles. The summed E-state index contributed by atoms with van der Waals surface area (Å²) in [5, 5.41) is 0.203. The Hall–Kier alpha value is -1.85. The van der Waals surface area contributed by atoms with E-state index >= 15 is 0 Å². The van der Waals surface area contributed by atoms with Crippen molar-refractivity contribution in [3.63, 3.8) is 0 Å². The van der Waals surface area contributed by atoms with Crippen molar-refractivity contribution in [3.8, 4) is 5.75 Å². The molecule has 0 amide bonds. The molecular weight excluding hydrogens is 447 g/mol. The van der Waals surface area contributed by atoms with Crippen LogP contribution in [0.1, 0.15) is 95.5 Å². The number of halogens is 5. The highest BCUT2D eigenvalue weighted by molar-refractivity contribution is 5.85. The standard InChI is InChI=1S/C28H35F5O/c1-2-3-18-4-6-19(7-5-18)8-9-20-10-12-21(13-11-20)22-14-15-24-23(16-22)17-25(29)27(26(24)30)34-28(31,32)33/h14-21H,2-13H2,1H3/t18-,19-,20?,21?. The third kappa shape index (κ3) is 6.23. The van der Waals surface area contributed by atoms with Crippen LogP contribution in [0.3, 0.4) is 0 Å². The van der Waals surface area contributed by atoms with Crippen molar-refractivity contribution in [3.05, 3.63) is 41.5 Å². The maximum atomic E-state index is 14.5. The smallest absolute Gasteiger partial charge is 0.399 e. The van der Waals surface area contributed by atoms with E-state index in [1.165, 1.54) is 57.4 Å². The molecule has 0 bridgehead atoms.